The van der Waals surface area contributed by atoms with Crippen molar-refractivity contribution in [2.45, 2.75) is 12.8 Å². The molecule has 1 aliphatic rings. The highest BCUT2D eigenvalue weighted by molar-refractivity contribution is 7.14. The van der Waals surface area contributed by atoms with Crippen molar-refractivity contribution < 1.29 is 0 Å². The van der Waals surface area contributed by atoms with E-state index in [0.717, 1.165) is 0 Å². The minimum absolute atomic E-state index is 1.21. The molecular formula is C9H12NS. The molecule has 11 heavy (non-hydrogen) atoms. The fourth-order valence-electron chi connectivity index (χ4n) is 1.42. The van der Waals surface area contributed by atoms with Gasteiger partial charge in [-0.3, -0.25) is 0 Å². The Kier molecular flexibility index (Phi) is 2.13. The number of hydrogen-bond donors (Lipinski definition) is 0. The summed E-state index contributed by atoms with van der Waals surface area (Å²) in [5, 5.41) is 3.58. The fraction of sp³-hybridized carbons (Fsp3) is 0.444. The third-order valence-corrected chi connectivity index (χ3v) is 2.95. The first-order valence-electron chi connectivity index (χ1n) is 4.07. The van der Waals surface area contributed by atoms with Gasteiger partial charge in [-0.15, -0.1) is 11.3 Å². The summed E-state index contributed by atoms with van der Waals surface area (Å²) in [6, 6.07) is 4.33. The van der Waals surface area contributed by atoms with Crippen LogP contribution < -0.4 is 4.90 Å². The van der Waals surface area contributed by atoms with E-state index in [1.54, 1.807) is 0 Å². The molecule has 1 fully saturated rings. The van der Waals surface area contributed by atoms with Crippen LogP contribution >= 0.6 is 11.3 Å². The van der Waals surface area contributed by atoms with Crippen LogP contribution in [-0.2, 0) is 0 Å². The molecule has 59 valence electrons. The van der Waals surface area contributed by atoms with Gasteiger partial charge < -0.3 is 4.90 Å². The standard InChI is InChI=1S/C9H12NS/c1-2-6-10(7-3-1)9-5-4-8-11-9/h1,4-5,8H,2-3,6-7H2. The summed E-state index contributed by atoms with van der Waals surface area (Å²) in [5.41, 5.74) is 0. The summed E-state index contributed by atoms with van der Waals surface area (Å²) < 4.78 is 0. The average molecular weight is 166 g/mol. The topological polar surface area (TPSA) is 3.24 Å². The summed E-state index contributed by atoms with van der Waals surface area (Å²) in [5.74, 6) is 0. The van der Waals surface area contributed by atoms with Crippen molar-refractivity contribution in [1.29, 1.82) is 0 Å². The zero-order valence-corrected chi connectivity index (χ0v) is 7.31. The molecule has 0 aliphatic carbocycles. The molecule has 2 rings (SSSR count). The van der Waals surface area contributed by atoms with Crippen molar-refractivity contribution in [3.8, 4) is 0 Å². The summed E-state index contributed by atoms with van der Waals surface area (Å²) in [4.78, 5) is 2.46. The minimum Gasteiger partial charge on any atom is -0.363 e. The summed E-state index contributed by atoms with van der Waals surface area (Å²) in [7, 11) is 0. The van der Waals surface area contributed by atoms with Crippen LogP contribution in [0.4, 0.5) is 5.00 Å². The Balaban J connectivity index is 2.04. The maximum absolute atomic E-state index is 2.46. The Morgan fingerprint density at radius 1 is 1.27 bits per heavy atom. The van der Waals surface area contributed by atoms with Gasteiger partial charge in [-0.1, -0.05) is 0 Å². The third-order valence-electron chi connectivity index (χ3n) is 2.02. The highest BCUT2D eigenvalue weighted by Crippen LogP contribution is 2.23. The van der Waals surface area contributed by atoms with E-state index in [0.29, 0.717) is 0 Å². The second-order valence-corrected chi connectivity index (χ2v) is 3.73. The van der Waals surface area contributed by atoms with Gasteiger partial charge >= 0.3 is 0 Å². The Morgan fingerprint density at radius 3 is 2.73 bits per heavy atom. The molecule has 1 aliphatic heterocycles. The van der Waals surface area contributed by atoms with Gasteiger partial charge in [0.2, 0.25) is 0 Å². The number of anilines is 1. The molecule has 0 N–H and O–H groups in total. The third kappa shape index (κ3) is 1.56. The first-order chi connectivity index (χ1) is 5.47. The smallest absolute Gasteiger partial charge is 0.0908 e. The highest BCUT2D eigenvalue weighted by atomic mass is 32.1. The van der Waals surface area contributed by atoms with Crippen molar-refractivity contribution in [2.75, 3.05) is 18.0 Å². The summed E-state index contributed by atoms with van der Waals surface area (Å²) in [6.45, 7) is 2.42. The largest absolute Gasteiger partial charge is 0.363 e. The van der Waals surface area contributed by atoms with Gasteiger partial charge in [0.25, 0.3) is 0 Å². The van der Waals surface area contributed by atoms with Gasteiger partial charge in [-0.2, -0.15) is 0 Å². The molecule has 1 radical (unpaired) electrons. The molecule has 0 unspecified atom stereocenters. The van der Waals surface area contributed by atoms with Crippen molar-refractivity contribution >= 4 is 16.3 Å². The van der Waals surface area contributed by atoms with Crippen LogP contribution in [0.3, 0.4) is 0 Å². The predicted molar refractivity (Wildman–Crippen MR) is 50.1 cm³/mol. The molecule has 1 saturated heterocycles. The fourth-order valence-corrected chi connectivity index (χ4v) is 2.21. The predicted octanol–water partition coefficient (Wildman–Crippen LogP) is 2.55. The Labute approximate surface area is 71.7 Å². The Hall–Kier alpha value is -0.500. The van der Waals surface area contributed by atoms with E-state index in [4.69, 9.17) is 0 Å². The van der Waals surface area contributed by atoms with E-state index in [2.05, 4.69) is 28.8 Å². The van der Waals surface area contributed by atoms with E-state index in [1.807, 2.05) is 11.3 Å². The molecule has 0 bridgehead atoms. The molecule has 0 atom stereocenters. The molecule has 1 aromatic heterocycles. The van der Waals surface area contributed by atoms with Crippen LogP contribution in [0.2, 0.25) is 0 Å². The van der Waals surface area contributed by atoms with Crippen LogP contribution in [0.1, 0.15) is 12.8 Å². The zero-order chi connectivity index (χ0) is 7.52. The van der Waals surface area contributed by atoms with Gasteiger partial charge in [0.05, 0.1) is 5.00 Å². The lowest BCUT2D eigenvalue weighted by atomic mass is 10.1. The maximum Gasteiger partial charge on any atom is 0.0908 e. The summed E-state index contributed by atoms with van der Waals surface area (Å²) >= 11 is 1.84. The van der Waals surface area contributed by atoms with Crippen LogP contribution in [0.25, 0.3) is 0 Å². The Bertz CT molecular complexity index is 199. The van der Waals surface area contributed by atoms with Gasteiger partial charge in [-0.25, -0.2) is 0 Å². The van der Waals surface area contributed by atoms with E-state index < -0.39 is 0 Å². The molecule has 2 heteroatoms. The van der Waals surface area contributed by atoms with Crippen LogP contribution in [-0.4, -0.2) is 13.1 Å². The van der Waals surface area contributed by atoms with E-state index in [9.17, 15) is 0 Å². The molecule has 1 nitrogen and oxygen atoms in total. The molecule has 0 spiro atoms. The lowest BCUT2D eigenvalue weighted by Crippen LogP contribution is -2.28. The molecule has 0 saturated carbocycles. The van der Waals surface area contributed by atoms with Gasteiger partial charge in [0, 0.05) is 13.1 Å². The highest BCUT2D eigenvalue weighted by Gasteiger charge is 2.10. The van der Waals surface area contributed by atoms with Gasteiger partial charge in [0.15, 0.2) is 0 Å². The monoisotopic (exact) mass is 166 g/mol. The number of hydrogen-bond acceptors (Lipinski definition) is 2. The van der Waals surface area contributed by atoms with Crippen LogP contribution in [0, 0.1) is 6.42 Å². The Morgan fingerprint density at radius 2 is 2.09 bits per heavy atom. The number of piperidine rings is 1. The maximum atomic E-state index is 2.46. The SMILES string of the molecule is [CH]1CCN(c2cccs2)CC1. The minimum atomic E-state index is 1.21. The van der Waals surface area contributed by atoms with Crippen molar-refractivity contribution in [3.05, 3.63) is 23.9 Å². The van der Waals surface area contributed by atoms with Crippen molar-refractivity contribution in [3.63, 3.8) is 0 Å². The van der Waals surface area contributed by atoms with Crippen LogP contribution in [0.5, 0.6) is 0 Å². The molecule has 0 amide bonds. The molecular weight excluding hydrogens is 154 g/mol. The average Bonchev–Trinajstić information content (AvgIpc) is 2.58. The normalized spacial score (nSPS) is 18.7. The van der Waals surface area contributed by atoms with E-state index in [1.165, 1.54) is 30.9 Å². The van der Waals surface area contributed by atoms with Crippen LogP contribution in [0.15, 0.2) is 17.5 Å². The first-order valence-corrected chi connectivity index (χ1v) is 4.95. The van der Waals surface area contributed by atoms with E-state index >= 15 is 0 Å². The second kappa shape index (κ2) is 3.26. The zero-order valence-electron chi connectivity index (χ0n) is 6.49. The number of nitrogens with zero attached hydrogens (tertiary/aromatic N) is 1. The van der Waals surface area contributed by atoms with Gasteiger partial charge in [0.1, 0.15) is 0 Å². The second-order valence-electron chi connectivity index (χ2n) is 2.80. The lowest BCUT2D eigenvalue weighted by Gasteiger charge is -2.26. The lowest BCUT2D eigenvalue weighted by molar-refractivity contribution is 0.683. The van der Waals surface area contributed by atoms with E-state index in [-0.39, 0.29) is 0 Å². The quantitative estimate of drug-likeness (QED) is 0.619. The van der Waals surface area contributed by atoms with Crippen molar-refractivity contribution in [2.24, 2.45) is 0 Å². The van der Waals surface area contributed by atoms with Gasteiger partial charge in [-0.05, 0) is 36.8 Å². The summed E-state index contributed by atoms with van der Waals surface area (Å²) in [6.07, 6.45) is 4.87. The van der Waals surface area contributed by atoms with Crippen molar-refractivity contribution in [1.82, 2.24) is 0 Å². The number of thiophene rings is 1. The molecule has 1 aromatic rings. The first kappa shape index (κ1) is 7.17. The molecule has 0 aromatic carbocycles. The number of rotatable bonds is 1. The molecule has 2 heterocycles.